The monoisotopic (exact) mass is 399 g/mol. The van der Waals surface area contributed by atoms with Crippen LogP contribution in [-0.2, 0) is 6.42 Å². The van der Waals surface area contributed by atoms with E-state index in [1.54, 1.807) is 0 Å². The molecule has 1 atom stereocenters. The molecule has 1 unspecified atom stereocenters. The molecule has 20 heavy (non-hydrogen) atoms. The zero-order chi connectivity index (χ0) is 14.9. The van der Waals surface area contributed by atoms with Gasteiger partial charge < -0.3 is 5.73 Å². The van der Waals surface area contributed by atoms with Gasteiger partial charge in [0, 0.05) is 15.0 Å². The van der Waals surface area contributed by atoms with E-state index in [9.17, 15) is 4.39 Å². The standard InChI is InChI=1S/C16H16Br2FN/c1-9-3-12(4-10(2)16(9)18)15(20)7-11-5-13(17)8-14(19)6-11/h3-6,8,15H,7,20H2,1-2H3. The molecule has 1 nitrogen and oxygen atoms in total. The van der Waals surface area contributed by atoms with Crippen molar-refractivity contribution in [2.75, 3.05) is 0 Å². The Morgan fingerprint density at radius 1 is 1.05 bits per heavy atom. The minimum atomic E-state index is -0.246. The summed E-state index contributed by atoms with van der Waals surface area (Å²) in [5, 5.41) is 0. The lowest BCUT2D eigenvalue weighted by atomic mass is 9.96. The summed E-state index contributed by atoms with van der Waals surface area (Å²) in [7, 11) is 0. The van der Waals surface area contributed by atoms with Gasteiger partial charge in [-0.1, -0.05) is 44.0 Å². The van der Waals surface area contributed by atoms with E-state index < -0.39 is 0 Å². The normalized spacial score (nSPS) is 12.5. The molecule has 0 aliphatic heterocycles. The highest BCUT2D eigenvalue weighted by atomic mass is 79.9. The first-order valence-corrected chi connectivity index (χ1v) is 7.92. The lowest BCUT2D eigenvalue weighted by molar-refractivity contribution is 0.621. The summed E-state index contributed by atoms with van der Waals surface area (Å²) < 4.78 is 15.2. The SMILES string of the molecule is Cc1cc(C(N)Cc2cc(F)cc(Br)c2)cc(C)c1Br. The summed E-state index contributed by atoms with van der Waals surface area (Å²) in [6.07, 6.45) is 0.608. The predicted octanol–water partition coefficient (Wildman–Crippen LogP) is 5.21. The average Bonchev–Trinajstić information content (AvgIpc) is 2.33. The Morgan fingerprint density at radius 2 is 1.65 bits per heavy atom. The van der Waals surface area contributed by atoms with Crippen LogP contribution in [0.5, 0.6) is 0 Å². The van der Waals surface area contributed by atoms with Crippen LogP contribution < -0.4 is 5.73 Å². The number of hydrogen-bond acceptors (Lipinski definition) is 1. The van der Waals surface area contributed by atoms with Crippen LogP contribution in [0.3, 0.4) is 0 Å². The lowest BCUT2D eigenvalue weighted by Gasteiger charge is -2.15. The first-order valence-electron chi connectivity index (χ1n) is 6.34. The van der Waals surface area contributed by atoms with Crippen LogP contribution in [0.1, 0.15) is 28.3 Å². The van der Waals surface area contributed by atoms with Gasteiger partial charge in [-0.25, -0.2) is 4.39 Å². The number of hydrogen-bond donors (Lipinski definition) is 1. The topological polar surface area (TPSA) is 26.0 Å². The van der Waals surface area contributed by atoms with Crippen LogP contribution in [0.2, 0.25) is 0 Å². The number of nitrogens with two attached hydrogens (primary N) is 1. The highest BCUT2D eigenvalue weighted by molar-refractivity contribution is 9.10. The highest BCUT2D eigenvalue weighted by Crippen LogP contribution is 2.27. The Bertz CT molecular complexity index is 597. The first kappa shape index (κ1) is 15.7. The number of rotatable bonds is 3. The van der Waals surface area contributed by atoms with Gasteiger partial charge >= 0.3 is 0 Å². The molecule has 0 spiro atoms. The van der Waals surface area contributed by atoms with Gasteiger partial charge in [-0.3, -0.25) is 0 Å². The van der Waals surface area contributed by atoms with Gasteiger partial charge in [0.25, 0.3) is 0 Å². The Labute approximate surface area is 135 Å². The fraction of sp³-hybridized carbons (Fsp3) is 0.250. The minimum Gasteiger partial charge on any atom is -0.324 e. The Hall–Kier alpha value is -0.710. The molecule has 2 N–H and O–H groups in total. The summed E-state index contributed by atoms with van der Waals surface area (Å²) in [5.74, 6) is -0.246. The van der Waals surface area contributed by atoms with E-state index in [0.29, 0.717) is 6.42 Å². The second kappa shape index (κ2) is 6.37. The summed E-state index contributed by atoms with van der Waals surface area (Å²) in [4.78, 5) is 0. The van der Waals surface area contributed by atoms with Crippen molar-refractivity contribution in [3.8, 4) is 0 Å². The summed E-state index contributed by atoms with van der Waals surface area (Å²) in [6.45, 7) is 4.10. The van der Waals surface area contributed by atoms with E-state index in [2.05, 4.69) is 44.0 Å². The largest absolute Gasteiger partial charge is 0.324 e. The van der Waals surface area contributed by atoms with Crippen LogP contribution in [0.15, 0.2) is 39.3 Å². The van der Waals surface area contributed by atoms with Gasteiger partial charge in [0.1, 0.15) is 5.82 Å². The molecule has 0 aromatic heterocycles. The van der Waals surface area contributed by atoms with Crippen LogP contribution in [0, 0.1) is 19.7 Å². The number of aryl methyl sites for hydroxylation is 2. The molecule has 0 fully saturated rings. The van der Waals surface area contributed by atoms with E-state index in [-0.39, 0.29) is 11.9 Å². The molecule has 0 heterocycles. The minimum absolute atomic E-state index is 0.144. The third-order valence-electron chi connectivity index (χ3n) is 3.26. The van der Waals surface area contributed by atoms with Gasteiger partial charge in [0.15, 0.2) is 0 Å². The molecule has 0 saturated heterocycles. The summed E-state index contributed by atoms with van der Waals surface area (Å²) in [6, 6.07) is 8.90. The first-order chi connectivity index (χ1) is 9.36. The molecule has 0 amide bonds. The Kier molecular flexibility index (Phi) is 4.99. The molecule has 106 valence electrons. The molecule has 0 bridgehead atoms. The zero-order valence-electron chi connectivity index (χ0n) is 11.4. The van der Waals surface area contributed by atoms with Gasteiger partial charge in [0.2, 0.25) is 0 Å². The molecule has 2 aromatic carbocycles. The van der Waals surface area contributed by atoms with Crippen molar-refractivity contribution in [3.63, 3.8) is 0 Å². The summed E-state index contributed by atoms with van der Waals surface area (Å²) >= 11 is 6.86. The molecule has 4 heteroatoms. The van der Waals surface area contributed by atoms with Gasteiger partial charge in [0.05, 0.1) is 0 Å². The third-order valence-corrected chi connectivity index (χ3v) is 4.97. The molecule has 0 radical (unpaired) electrons. The molecule has 0 aliphatic rings. The third kappa shape index (κ3) is 3.68. The molecule has 2 rings (SSSR count). The van der Waals surface area contributed by atoms with E-state index in [1.165, 1.54) is 12.1 Å². The van der Waals surface area contributed by atoms with Crippen molar-refractivity contribution >= 4 is 31.9 Å². The Balaban J connectivity index is 2.25. The number of halogens is 3. The van der Waals surface area contributed by atoms with Crippen LogP contribution in [0.4, 0.5) is 4.39 Å². The van der Waals surface area contributed by atoms with E-state index in [4.69, 9.17) is 5.73 Å². The molecule has 0 aliphatic carbocycles. The van der Waals surface area contributed by atoms with E-state index in [0.717, 1.165) is 31.2 Å². The predicted molar refractivity (Wildman–Crippen MR) is 88.3 cm³/mol. The van der Waals surface area contributed by atoms with Crippen molar-refractivity contribution in [3.05, 3.63) is 67.3 Å². The second-order valence-corrected chi connectivity index (χ2v) is 6.77. The molecule has 2 aromatic rings. The van der Waals surface area contributed by atoms with Crippen molar-refractivity contribution in [1.82, 2.24) is 0 Å². The molecular weight excluding hydrogens is 385 g/mol. The van der Waals surface area contributed by atoms with Gasteiger partial charge in [-0.05, 0) is 60.7 Å². The van der Waals surface area contributed by atoms with Crippen molar-refractivity contribution in [2.45, 2.75) is 26.3 Å². The van der Waals surface area contributed by atoms with Crippen molar-refractivity contribution in [2.24, 2.45) is 5.73 Å². The fourth-order valence-electron chi connectivity index (χ4n) is 2.29. The quantitative estimate of drug-likeness (QED) is 0.751. The van der Waals surface area contributed by atoms with Gasteiger partial charge in [-0.2, -0.15) is 0 Å². The lowest BCUT2D eigenvalue weighted by Crippen LogP contribution is -2.14. The summed E-state index contributed by atoms with van der Waals surface area (Å²) in [5.41, 5.74) is 10.6. The van der Waals surface area contributed by atoms with Crippen LogP contribution in [0.25, 0.3) is 0 Å². The van der Waals surface area contributed by atoms with Gasteiger partial charge in [-0.15, -0.1) is 0 Å². The zero-order valence-corrected chi connectivity index (χ0v) is 14.6. The van der Waals surface area contributed by atoms with E-state index >= 15 is 0 Å². The number of benzene rings is 2. The maximum Gasteiger partial charge on any atom is 0.124 e. The smallest absolute Gasteiger partial charge is 0.124 e. The Morgan fingerprint density at radius 3 is 2.20 bits per heavy atom. The maximum absolute atomic E-state index is 13.4. The van der Waals surface area contributed by atoms with Crippen molar-refractivity contribution < 1.29 is 4.39 Å². The molecular formula is C16H16Br2FN. The van der Waals surface area contributed by atoms with Crippen molar-refractivity contribution in [1.29, 1.82) is 0 Å². The molecule has 0 saturated carbocycles. The maximum atomic E-state index is 13.4. The van der Waals surface area contributed by atoms with Crippen LogP contribution >= 0.6 is 31.9 Å². The average molecular weight is 401 g/mol. The second-order valence-electron chi connectivity index (χ2n) is 5.06. The highest BCUT2D eigenvalue weighted by Gasteiger charge is 2.11. The van der Waals surface area contributed by atoms with Crippen LogP contribution in [-0.4, -0.2) is 0 Å². The fourth-order valence-corrected chi connectivity index (χ4v) is 3.04. The van der Waals surface area contributed by atoms with E-state index in [1.807, 2.05) is 19.9 Å².